The molecule has 0 saturated heterocycles. The van der Waals surface area contributed by atoms with Crippen LogP contribution in [0.5, 0.6) is 0 Å². The predicted octanol–water partition coefficient (Wildman–Crippen LogP) is 25.3. The molecule has 0 bridgehead atoms. The van der Waals surface area contributed by atoms with E-state index in [-0.39, 0.29) is 5.43 Å². The van der Waals surface area contributed by atoms with Crippen LogP contribution in [0.15, 0.2) is 411 Å². The van der Waals surface area contributed by atoms with Gasteiger partial charge in [0.15, 0.2) is 40.4 Å². The Kier molecular flexibility index (Phi) is 16.5. The zero-order valence-electron chi connectivity index (χ0n) is 61.6. The molecule has 3 aromatic heterocycles. The van der Waals surface area contributed by atoms with Gasteiger partial charge in [0.05, 0.1) is 22.2 Å². The van der Waals surface area contributed by atoms with E-state index in [0.29, 0.717) is 34.9 Å². The minimum absolute atomic E-state index is 0.113. The Bertz CT molecular complexity index is 6550. The van der Waals surface area contributed by atoms with Crippen molar-refractivity contribution in [2.24, 2.45) is 0 Å². The highest BCUT2D eigenvalue weighted by Gasteiger charge is 2.52. The maximum absolute atomic E-state index is 13.5. The van der Waals surface area contributed by atoms with Gasteiger partial charge in [0, 0.05) is 59.2 Å². The van der Waals surface area contributed by atoms with E-state index in [1.54, 1.807) is 11.3 Å². The van der Waals surface area contributed by atoms with Gasteiger partial charge in [-0.3, -0.25) is 4.79 Å². The summed E-state index contributed by atoms with van der Waals surface area (Å²) in [4.78, 5) is 46.0. The van der Waals surface area contributed by atoms with E-state index in [4.69, 9.17) is 29.9 Å². The molecule has 1 aliphatic heterocycles. The minimum atomic E-state index is -0.686. The highest BCUT2D eigenvalue weighted by atomic mass is 32.1. The summed E-state index contributed by atoms with van der Waals surface area (Å²) in [5.74, 6) is 3.77. The molecule has 534 valence electrons. The van der Waals surface area contributed by atoms with Crippen molar-refractivity contribution < 1.29 is 0 Å². The lowest BCUT2D eigenvalue weighted by Crippen LogP contribution is -2.36. The van der Waals surface area contributed by atoms with E-state index in [2.05, 4.69) is 266 Å². The fraction of sp³-hybridized carbons (Fsp3) is 0.0190. The van der Waals surface area contributed by atoms with Crippen molar-refractivity contribution in [1.82, 2.24) is 29.9 Å². The first-order chi connectivity index (χ1) is 56.4. The van der Waals surface area contributed by atoms with Crippen LogP contribution in [0.1, 0.15) is 44.5 Å². The summed E-state index contributed by atoms with van der Waals surface area (Å²) in [5.41, 5.74) is 27.0. The number of aromatic nitrogens is 6. The maximum Gasteiger partial charge on any atom is 0.195 e. The van der Waals surface area contributed by atoms with Gasteiger partial charge in [-0.2, -0.15) is 0 Å². The Hall–Kier alpha value is -14.8. The molecule has 22 rings (SSSR count). The van der Waals surface area contributed by atoms with E-state index in [1.807, 2.05) is 146 Å². The summed E-state index contributed by atoms with van der Waals surface area (Å²) < 4.78 is 2.06. The number of fused-ring (bicyclic) bond motifs is 14. The minimum Gasteiger partial charge on any atom is -0.310 e. The zero-order valence-corrected chi connectivity index (χ0v) is 62.4. The van der Waals surface area contributed by atoms with Gasteiger partial charge in [0.25, 0.3) is 0 Å². The van der Waals surface area contributed by atoms with E-state index < -0.39 is 10.8 Å². The second kappa shape index (κ2) is 28.0. The van der Waals surface area contributed by atoms with E-state index >= 15 is 0 Å². The summed E-state index contributed by atoms with van der Waals surface area (Å²) >= 11 is 1.70. The molecule has 0 radical (unpaired) electrons. The Morgan fingerprint density at radius 1 is 0.219 bits per heavy atom. The fourth-order valence-electron chi connectivity index (χ4n) is 17.6. The normalized spacial score (nSPS) is 12.9. The lowest BCUT2D eigenvalue weighted by Gasteiger charge is -2.45. The zero-order chi connectivity index (χ0) is 75.7. The lowest BCUT2D eigenvalue weighted by atomic mass is 9.64. The average Bonchev–Trinajstić information content (AvgIpc) is 1.48. The third kappa shape index (κ3) is 11.2. The summed E-state index contributed by atoms with van der Waals surface area (Å²) in [7, 11) is 0. The van der Waals surface area contributed by atoms with E-state index in [9.17, 15) is 4.79 Å². The molecule has 0 amide bonds. The Morgan fingerprint density at radius 2 is 0.535 bits per heavy atom. The monoisotopic (exact) mass is 1470 g/mol. The van der Waals surface area contributed by atoms with Crippen molar-refractivity contribution in [3.8, 4) is 113 Å². The van der Waals surface area contributed by atoms with Crippen molar-refractivity contribution in [1.29, 1.82) is 0 Å². The van der Waals surface area contributed by atoms with Gasteiger partial charge in [0.1, 0.15) is 0 Å². The van der Waals surface area contributed by atoms with Crippen molar-refractivity contribution in [2.75, 3.05) is 4.90 Å². The van der Waals surface area contributed by atoms with Gasteiger partial charge < -0.3 is 4.90 Å². The molecule has 4 heterocycles. The predicted molar refractivity (Wildman–Crippen MR) is 465 cm³/mol. The van der Waals surface area contributed by atoms with Crippen LogP contribution in [0.25, 0.3) is 133 Å². The first-order valence-electron chi connectivity index (χ1n) is 38.4. The topological polar surface area (TPSA) is 97.6 Å². The molecule has 0 saturated carbocycles. The third-order valence-electron chi connectivity index (χ3n) is 22.8. The van der Waals surface area contributed by atoms with Crippen molar-refractivity contribution >= 4 is 48.6 Å². The highest BCUT2D eigenvalue weighted by Crippen LogP contribution is 2.65. The van der Waals surface area contributed by atoms with Crippen LogP contribution < -0.4 is 10.3 Å². The van der Waals surface area contributed by atoms with E-state index in [0.717, 1.165) is 98.4 Å². The second-order valence-corrected chi connectivity index (χ2v) is 30.1. The number of nitrogens with zero attached hydrogens (tertiary/aromatic N) is 7. The van der Waals surface area contributed by atoms with Crippen LogP contribution in [-0.2, 0) is 10.8 Å². The highest BCUT2D eigenvalue weighted by molar-refractivity contribution is 7.24. The number of hydrogen-bond acceptors (Lipinski definition) is 9. The SMILES string of the molecule is O=c1c2ccccc2sc2cc3c(cc12)-c1ccccc1C3(c1ccccc1)c1ccccc1.c1ccc(-c2nc(-c3ccccc3)nc(-c3ccc(-c4ccc5c(c4)C4(c6ccccc6-c6ccccc64)c4cc(-c6ccc(-c7nc(-c8ccccc8)nc(-c8ccccc8)n7)cc6)ccc4N5c4ccccc4)cc3)n2)cc1. The van der Waals surface area contributed by atoms with Gasteiger partial charge in [-0.15, -0.1) is 11.3 Å². The number of benzene rings is 16. The van der Waals surface area contributed by atoms with Crippen LogP contribution in [0, 0.1) is 0 Å². The number of anilines is 3. The van der Waals surface area contributed by atoms with Crippen LogP contribution in [0.2, 0.25) is 0 Å². The first kappa shape index (κ1) is 67.4. The van der Waals surface area contributed by atoms with Crippen LogP contribution in [0.3, 0.4) is 0 Å². The molecule has 0 N–H and O–H groups in total. The number of hydrogen-bond donors (Lipinski definition) is 0. The Balaban J connectivity index is 0.000000199. The Labute approximate surface area is 663 Å². The molecule has 114 heavy (non-hydrogen) atoms. The molecular formula is C105H67N7OS. The van der Waals surface area contributed by atoms with Crippen LogP contribution in [-0.4, -0.2) is 29.9 Å². The van der Waals surface area contributed by atoms with Gasteiger partial charge in [-0.1, -0.05) is 346 Å². The van der Waals surface area contributed by atoms with Gasteiger partial charge in [-0.25, -0.2) is 29.9 Å². The summed E-state index contributed by atoms with van der Waals surface area (Å²) in [6.45, 7) is 0. The smallest absolute Gasteiger partial charge is 0.195 e. The molecule has 16 aromatic carbocycles. The second-order valence-electron chi connectivity index (χ2n) is 29.1. The molecule has 0 atom stereocenters. The van der Waals surface area contributed by atoms with E-state index in [1.165, 1.54) is 61.2 Å². The molecule has 0 fully saturated rings. The van der Waals surface area contributed by atoms with Gasteiger partial charge >= 0.3 is 0 Å². The molecule has 19 aromatic rings. The average molecular weight is 1470 g/mol. The Morgan fingerprint density at radius 3 is 0.947 bits per heavy atom. The largest absolute Gasteiger partial charge is 0.310 e. The summed E-state index contributed by atoms with van der Waals surface area (Å²) in [6.07, 6.45) is 0. The summed E-state index contributed by atoms with van der Waals surface area (Å²) in [5, 5.41) is 1.60. The molecule has 8 nitrogen and oxygen atoms in total. The van der Waals surface area contributed by atoms with Gasteiger partial charge in [-0.05, 0) is 150 Å². The number of para-hydroxylation sites is 1. The molecule has 9 heteroatoms. The molecule has 0 unspecified atom stereocenters. The quantitative estimate of drug-likeness (QED) is 0.118. The number of rotatable bonds is 11. The third-order valence-corrected chi connectivity index (χ3v) is 23.9. The maximum atomic E-state index is 13.5. The molecule has 1 spiro atoms. The van der Waals surface area contributed by atoms with Crippen molar-refractivity contribution in [3.63, 3.8) is 0 Å². The van der Waals surface area contributed by atoms with Crippen molar-refractivity contribution in [2.45, 2.75) is 10.8 Å². The lowest BCUT2D eigenvalue weighted by molar-refractivity contribution is 0.753. The van der Waals surface area contributed by atoms with Crippen molar-refractivity contribution in [3.05, 3.63) is 461 Å². The first-order valence-corrected chi connectivity index (χ1v) is 39.2. The molecular weight excluding hydrogens is 1410 g/mol. The fourth-order valence-corrected chi connectivity index (χ4v) is 18.7. The van der Waals surface area contributed by atoms with Crippen LogP contribution >= 0.6 is 11.3 Å². The standard InChI is InChI=1S/C73H47N7.C32H20OS/c1-6-20-50(21-7-1)67-74-68(51-22-8-2-9-23-51)77-71(76-67)54-38-34-48(35-39-54)56-42-44-65-63(46-56)73(61-32-18-16-30-59(61)60-31-17-19-33-62(60)73)64-47-57(43-45-66(64)80(65)58-28-14-5-15-29-58)49-36-40-55(41-37-49)72-78-69(52-24-10-3-11-25-52)75-70(79-72)53-26-12-4-13-27-53;33-31-24-16-8-10-18-29(24)34-30-20-28-25(19-26(30)31)23-15-7-9-17-27(23)32(28,21-11-3-1-4-12-21)22-13-5-2-6-14-22/h1-47H;1-20H. The summed E-state index contributed by atoms with van der Waals surface area (Å²) in [6, 6.07) is 143. The molecule has 2 aliphatic carbocycles. The van der Waals surface area contributed by atoms with Gasteiger partial charge in [0.2, 0.25) is 0 Å². The molecule has 3 aliphatic rings. The van der Waals surface area contributed by atoms with Crippen LogP contribution in [0.4, 0.5) is 17.1 Å².